The summed E-state index contributed by atoms with van der Waals surface area (Å²) in [5.74, 6) is -3.73. The lowest BCUT2D eigenvalue weighted by atomic mass is 10.1. The third-order valence-corrected chi connectivity index (χ3v) is 4.52. The van der Waals surface area contributed by atoms with Crippen molar-refractivity contribution in [2.24, 2.45) is 5.41 Å². The third kappa shape index (κ3) is 4.68. The molecule has 1 aliphatic carbocycles. The number of ether oxygens (including phenoxy) is 3. The lowest BCUT2D eigenvalue weighted by Gasteiger charge is -2.18. The van der Waals surface area contributed by atoms with Gasteiger partial charge in [-0.15, -0.1) is 0 Å². The maximum Gasteiger partial charge on any atom is 0.302 e. The van der Waals surface area contributed by atoms with Gasteiger partial charge < -0.3 is 19.3 Å². The van der Waals surface area contributed by atoms with Crippen LogP contribution in [0, 0.1) is 22.9 Å². The van der Waals surface area contributed by atoms with Gasteiger partial charge in [-0.25, -0.2) is 13.2 Å². The summed E-state index contributed by atoms with van der Waals surface area (Å²) in [7, 11) is 0. The van der Waals surface area contributed by atoms with Crippen molar-refractivity contribution in [3.8, 4) is 17.2 Å². The third-order valence-electron chi connectivity index (χ3n) is 4.52. The highest BCUT2D eigenvalue weighted by Crippen LogP contribution is 2.46. The summed E-state index contributed by atoms with van der Waals surface area (Å²) in [5, 5.41) is 9.68. The molecule has 0 saturated heterocycles. The molecule has 8 heteroatoms. The SMILES string of the molecule is CC(=O)OCC1(COc2ccc(F)c(F)c2COc2ccc(F)cc2O)CC1. The first-order valence-electron chi connectivity index (χ1n) is 8.64. The Balaban J connectivity index is 1.72. The summed E-state index contributed by atoms with van der Waals surface area (Å²) >= 11 is 0. The second-order valence-corrected chi connectivity index (χ2v) is 6.81. The zero-order valence-corrected chi connectivity index (χ0v) is 15.1. The molecule has 0 aromatic heterocycles. The lowest BCUT2D eigenvalue weighted by Crippen LogP contribution is -2.21. The van der Waals surface area contributed by atoms with Crippen molar-refractivity contribution < 1.29 is 37.3 Å². The molecule has 1 saturated carbocycles. The van der Waals surface area contributed by atoms with Gasteiger partial charge in [-0.05, 0) is 37.1 Å². The Morgan fingerprint density at radius 1 is 1.07 bits per heavy atom. The van der Waals surface area contributed by atoms with Gasteiger partial charge in [-0.2, -0.15) is 0 Å². The maximum absolute atomic E-state index is 14.3. The summed E-state index contributed by atoms with van der Waals surface area (Å²) in [6.45, 7) is 1.24. The van der Waals surface area contributed by atoms with E-state index in [2.05, 4.69) is 0 Å². The van der Waals surface area contributed by atoms with Crippen LogP contribution in [-0.4, -0.2) is 24.3 Å². The van der Waals surface area contributed by atoms with E-state index < -0.39 is 35.8 Å². The fourth-order valence-electron chi connectivity index (χ4n) is 2.60. The summed E-state index contributed by atoms with van der Waals surface area (Å²) < 4.78 is 57.0. The molecule has 2 aromatic carbocycles. The Morgan fingerprint density at radius 3 is 2.43 bits per heavy atom. The number of phenols is 1. The van der Waals surface area contributed by atoms with Gasteiger partial charge in [-0.1, -0.05) is 0 Å². The molecule has 2 aromatic rings. The highest BCUT2D eigenvalue weighted by atomic mass is 19.2. The molecule has 0 spiro atoms. The number of hydrogen-bond donors (Lipinski definition) is 1. The molecule has 0 aliphatic heterocycles. The molecule has 1 N–H and O–H groups in total. The van der Waals surface area contributed by atoms with Gasteiger partial charge in [0.05, 0.1) is 12.2 Å². The Hall–Kier alpha value is -2.90. The first-order valence-corrected chi connectivity index (χ1v) is 8.64. The predicted octanol–water partition coefficient (Wildman–Crippen LogP) is 4.11. The van der Waals surface area contributed by atoms with E-state index in [1.807, 2.05) is 0 Å². The molecule has 1 aliphatic rings. The predicted molar refractivity (Wildman–Crippen MR) is 92.5 cm³/mol. The number of halogens is 3. The van der Waals surface area contributed by atoms with Gasteiger partial charge in [-0.3, -0.25) is 4.79 Å². The number of carbonyl (C=O) groups excluding carboxylic acids is 1. The van der Waals surface area contributed by atoms with Crippen molar-refractivity contribution in [2.45, 2.75) is 26.4 Å². The minimum Gasteiger partial charge on any atom is -0.504 e. The van der Waals surface area contributed by atoms with E-state index in [0.29, 0.717) is 0 Å². The van der Waals surface area contributed by atoms with Gasteiger partial charge in [0.25, 0.3) is 0 Å². The van der Waals surface area contributed by atoms with Crippen molar-refractivity contribution in [2.75, 3.05) is 13.2 Å². The van der Waals surface area contributed by atoms with Crippen molar-refractivity contribution in [1.82, 2.24) is 0 Å². The number of carbonyl (C=O) groups is 1. The van der Waals surface area contributed by atoms with Crippen LogP contribution in [0.2, 0.25) is 0 Å². The molecule has 0 atom stereocenters. The molecule has 0 unspecified atom stereocenters. The van der Waals surface area contributed by atoms with Crippen LogP contribution < -0.4 is 9.47 Å². The summed E-state index contributed by atoms with van der Waals surface area (Å²) in [6.07, 6.45) is 1.58. The summed E-state index contributed by atoms with van der Waals surface area (Å²) in [6, 6.07) is 5.32. The van der Waals surface area contributed by atoms with E-state index in [1.54, 1.807) is 0 Å². The average Bonchev–Trinajstić information content (AvgIpc) is 3.42. The van der Waals surface area contributed by atoms with Crippen molar-refractivity contribution in [1.29, 1.82) is 0 Å². The van der Waals surface area contributed by atoms with Crippen molar-refractivity contribution >= 4 is 5.97 Å². The van der Waals surface area contributed by atoms with Crippen LogP contribution >= 0.6 is 0 Å². The van der Waals surface area contributed by atoms with Gasteiger partial charge in [0.2, 0.25) is 0 Å². The quantitative estimate of drug-likeness (QED) is 0.681. The first-order chi connectivity index (χ1) is 13.3. The summed E-state index contributed by atoms with van der Waals surface area (Å²) in [4.78, 5) is 11.0. The fourth-order valence-corrected chi connectivity index (χ4v) is 2.60. The first kappa shape index (κ1) is 19.9. The van der Waals surface area contributed by atoms with Crippen molar-refractivity contribution in [3.63, 3.8) is 0 Å². The Bertz CT molecular complexity index is 880. The molecule has 28 heavy (non-hydrogen) atoms. The molecule has 5 nitrogen and oxygen atoms in total. The molecule has 0 amide bonds. The van der Waals surface area contributed by atoms with E-state index in [1.165, 1.54) is 19.1 Å². The van der Waals surface area contributed by atoms with Gasteiger partial charge >= 0.3 is 5.97 Å². The largest absolute Gasteiger partial charge is 0.504 e. The second-order valence-electron chi connectivity index (χ2n) is 6.81. The lowest BCUT2D eigenvalue weighted by molar-refractivity contribution is -0.143. The number of phenolic OH excluding ortho intramolecular Hbond substituents is 1. The van der Waals surface area contributed by atoms with Crippen molar-refractivity contribution in [3.05, 3.63) is 53.3 Å². The van der Waals surface area contributed by atoms with E-state index in [9.17, 15) is 23.1 Å². The Labute approximate surface area is 159 Å². The van der Waals surface area contributed by atoms with Crippen LogP contribution in [0.15, 0.2) is 30.3 Å². The molecule has 0 heterocycles. The Morgan fingerprint density at radius 2 is 1.79 bits per heavy atom. The number of benzene rings is 2. The monoisotopic (exact) mass is 396 g/mol. The number of esters is 1. The minimum atomic E-state index is -1.14. The van der Waals surface area contributed by atoms with Gasteiger partial charge in [0, 0.05) is 18.4 Å². The molecule has 0 radical (unpaired) electrons. The van der Waals surface area contributed by atoms with E-state index >= 15 is 0 Å². The molecule has 150 valence electrons. The molecule has 1 fully saturated rings. The minimum absolute atomic E-state index is 0.0783. The number of rotatable bonds is 8. The Kier molecular flexibility index (Phi) is 5.67. The van der Waals surface area contributed by atoms with Crippen LogP contribution in [0.4, 0.5) is 13.2 Å². The second kappa shape index (κ2) is 8.00. The standard InChI is InChI=1S/C20H19F3O5/c1-12(24)27-10-20(6-7-20)11-28-17-5-3-15(22)19(23)14(17)9-26-18-4-2-13(21)8-16(18)25/h2-5,8,25H,6-7,9-11H2,1H3. The zero-order chi connectivity index (χ0) is 20.3. The molecule has 0 bridgehead atoms. The van der Waals surface area contributed by atoms with E-state index in [0.717, 1.165) is 31.0 Å². The molecular weight excluding hydrogens is 377 g/mol. The van der Waals surface area contributed by atoms with Crippen LogP contribution in [0.3, 0.4) is 0 Å². The fraction of sp³-hybridized carbons (Fsp3) is 0.350. The summed E-state index contributed by atoms with van der Waals surface area (Å²) in [5.41, 5.74) is -0.504. The van der Waals surface area contributed by atoms with Crippen LogP contribution in [0.25, 0.3) is 0 Å². The molecular formula is C20H19F3O5. The number of hydrogen-bond acceptors (Lipinski definition) is 5. The van der Waals surface area contributed by atoms with Crippen LogP contribution in [0.5, 0.6) is 17.2 Å². The highest BCUT2D eigenvalue weighted by Gasteiger charge is 2.45. The molecule has 3 rings (SSSR count). The van der Waals surface area contributed by atoms with E-state index in [4.69, 9.17) is 14.2 Å². The highest BCUT2D eigenvalue weighted by molar-refractivity contribution is 5.66. The smallest absolute Gasteiger partial charge is 0.302 e. The van der Waals surface area contributed by atoms with Gasteiger partial charge in [0.1, 0.15) is 24.8 Å². The maximum atomic E-state index is 14.3. The van der Waals surface area contributed by atoms with Gasteiger partial charge in [0.15, 0.2) is 23.1 Å². The average molecular weight is 396 g/mol. The van der Waals surface area contributed by atoms with E-state index in [-0.39, 0.29) is 35.7 Å². The normalized spacial score (nSPS) is 14.4. The van der Waals surface area contributed by atoms with Crippen LogP contribution in [0.1, 0.15) is 25.3 Å². The topological polar surface area (TPSA) is 65.0 Å². The zero-order valence-electron chi connectivity index (χ0n) is 15.1. The number of aromatic hydroxyl groups is 1. The van der Waals surface area contributed by atoms with Crippen LogP contribution in [-0.2, 0) is 16.1 Å².